The van der Waals surface area contributed by atoms with Crippen LogP contribution in [0.1, 0.15) is 23.4 Å². The smallest absolute Gasteiger partial charge is 0.124 e. The summed E-state index contributed by atoms with van der Waals surface area (Å²) in [6.45, 7) is 4.21. The topological polar surface area (TPSA) is 77.9 Å². The maximum absolute atomic E-state index is 10.6. The van der Waals surface area contributed by atoms with Gasteiger partial charge in [-0.1, -0.05) is 6.07 Å². The number of aliphatic hydroxyl groups is 1. The van der Waals surface area contributed by atoms with E-state index in [1.165, 1.54) is 5.56 Å². The maximum Gasteiger partial charge on any atom is 0.124 e. The van der Waals surface area contributed by atoms with E-state index in [4.69, 9.17) is 0 Å². The van der Waals surface area contributed by atoms with Crippen molar-refractivity contribution in [1.29, 1.82) is 0 Å². The Kier molecular flexibility index (Phi) is 3.04. The predicted molar refractivity (Wildman–Crippen MR) is 69.1 cm³/mol. The quantitative estimate of drug-likeness (QED) is 0.844. The van der Waals surface area contributed by atoms with Gasteiger partial charge >= 0.3 is 0 Å². The molecule has 1 saturated heterocycles. The molecule has 3 rings (SSSR count). The van der Waals surface area contributed by atoms with Crippen LogP contribution in [0.15, 0.2) is 24.5 Å². The zero-order valence-corrected chi connectivity index (χ0v) is 10.9. The number of hydrogen-bond acceptors (Lipinski definition) is 5. The van der Waals surface area contributed by atoms with Crippen LogP contribution >= 0.6 is 0 Å². The first kappa shape index (κ1) is 12.3. The van der Waals surface area contributed by atoms with E-state index in [0.29, 0.717) is 18.7 Å². The molecule has 0 radical (unpaired) electrons. The van der Waals surface area contributed by atoms with Crippen LogP contribution in [0.3, 0.4) is 0 Å². The summed E-state index contributed by atoms with van der Waals surface area (Å²) in [6.07, 6.45) is 4.07. The fourth-order valence-corrected chi connectivity index (χ4v) is 2.54. The Hall–Kier alpha value is -1.79. The van der Waals surface area contributed by atoms with Crippen LogP contribution in [0.25, 0.3) is 0 Å². The van der Waals surface area contributed by atoms with Crippen LogP contribution in [0, 0.1) is 6.92 Å². The van der Waals surface area contributed by atoms with Crippen LogP contribution in [-0.4, -0.2) is 43.5 Å². The number of likely N-dealkylation sites (tertiary alicyclic amines) is 1. The third-order valence-electron chi connectivity index (χ3n) is 3.71. The lowest BCUT2D eigenvalue weighted by atomic mass is 10.00. The molecule has 19 heavy (non-hydrogen) atoms. The molecule has 0 aromatic carbocycles. The van der Waals surface area contributed by atoms with Gasteiger partial charge in [0.1, 0.15) is 11.3 Å². The fourth-order valence-electron chi connectivity index (χ4n) is 2.54. The van der Waals surface area contributed by atoms with E-state index in [-0.39, 0.29) is 0 Å². The fraction of sp³-hybridized carbons (Fsp3) is 0.462. The number of pyridine rings is 1. The van der Waals surface area contributed by atoms with Crippen molar-refractivity contribution in [2.24, 2.45) is 0 Å². The highest BCUT2D eigenvalue weighted by Gasteiger charge is 2.39. The van der Waals surface area contributed by atoms with E-state index in [2.05, 4.69) is 38.3 Å². The highest BCUT2D eigenvalue weighted by atomic mass is 16.3. The number of aromatic nitrogens is 4. The van der Waals surface area contributed by atoms with Crippen molar-refractivity contribution < 1.29 is 5.11 Å². The zero-order chi connectivity index (χ0) is 13.3. The summed E-state index contributed by atoms with van der Waals surface area (Å²) in [4.78, 5) is 6.59. The molecular weight excluding hydrogens is 242 g/mol. The Morgan fingerprint density at radius 1 is 1.53 bits per heavy atom. The molecule has 0 aliphatic carbocycles. The van der Waals surface area contributed by atoms with Gasteiger partial charge < -0.3 is 5.11 Å². The molecule has 1 aliphatic heterocycles. The lowest BCUT2D eigenvalue weighted by molar-refractivity contribution is 0.0407. The third-order valence-corrected chi connectivity index (χ3v) is 3.71. The molecule has 6 nitrogen and oxygen atoms in total. The second-order valence-electron chi connectivity index (χ2n) is 5.11. The second kappa shape index (κ2) is 4.71. The van der Waals surface area contributed by atoms with Crippen molar-refractivity contribution in [2.75, 3.05) is 13.1 Å². The minimum Gasteiger partial charge on any atom is -0.382 e. The van der Waals surface area contributed by atoms with Gasteiger partial charge in [0, 0.05) is 25.8 Å². The molecule has 2 aromatic heterocycles. The van der Waals surface area contributed by atoms with Gasteiger partial charge in [0.15, 0.2) is 0 Å². The molecule has 2 aromatic rings. The Morgan fingerprint density at radius 2 is 2.42 bits per heavy atom. The summed E-state index contributed by atoms with van der Waals surface area (Å²) in [7, 11) is 0. The third kappa shape index (κ3) is 2.36. The Morgan fingerprint density at radius 3 is 3.16 bits per heavy atom. The number of nitrogens with zero attached hydrogens (tertiary/aromatic N) is 4. The van der Waals surface area contributed by atoms with Gasteiger partial charge in [0.05, 0.1) is 11.9 Å². The molecule has 1 fully saturated rings. The molecule has 0 saturated carbocycles. The van der Waals surface area contributed by atoms with Crippen LogP contribution in [0.5, 0.6) is 0 Å². The molecule has 1 atom stereocenters. The van der Waals surface area contributed by atoms with Crippen molar-refractivity contribution in [3.05, 3.63) is 41.5 Å². The van der Waals surface area contributed by atoms with E-state index in [1.807, 2.05) is 12.3 Å². The van der Waals surface area contributed by atoms with E-state index >= 15 is 0 Å². The van der Waals surface area contributed by atoms with Crippen molar-refractivity contribution in [3.8, 4) is 0 Å². The van der Waals surface area contributed by atoms with E-state index in [0.717, 1.165) is 18.8 Å². The van der Waals surface area contributed by atoms with Crippen LogP contribution in [0.4, 0.5) is 0 Å². The van der Waals surface area contributed by atoms with Crippen LogP contribution < -0.4 is 0 Å². The first-order valence-electron chi connectivity index (χ1n) is 6.39. The van der Waals surface area contributed by atoms with Gasteiger partial charge in [-0.2, -0.15) is 15.4 Å². The molecule has 3 heterocycles. The lowest BCUT2D eigenvalue weighted by Crippen LogP contribution is -2.31. The summed E-state index contributed by atoms with van der Waals surface area (Å²) in [5, 5.41) is 20.9. The second-order valence-corrected chi connectivity index (χ2v) is 5.11. The molecular formula is C13H17N5O. The number of H-pyrrole nitrogens is 1. The molecule has 2 N–H and O–H groups in total. The average molecular weight is 259 g/mol. The van der Waals surface area contributed by atoms with E-state index in [9.17, 15) is 5.11 Å². The van der Waals surface area contributed by atoms with Gasteiger partial charge in [0.25, 0.3) is 0 Å². The van der Waals surface area contributed by atoms with Crippen LogP contribution in [0.2, 0.25) is 0 Å². The predicted octanol–water partition coefficient (Wildman–Crippen LogP) is 0.602. The summed E-state index contributed by atoms with van der Waals surface area (Å²) < 4.78 is 0. The first-order chi connectivity index (χ1) is 9.17. The van der Waals surface area contributed by atoms with Crippen molar-refractivity contribution in [3.63, 3.8) is 0 Å². The molecule has 6 heteroatoms. The monoisotopic (exact) mass is 259 g/mol. The zero-order valence-electron chi connectivity index (χ0n) is 10.9. The molecule has 1 aliphatic rings. The average Bonchev–Trinajstić information content (AvgIpc) is 3.03. The summed E-state index contributed by atoms with van der Waals surface area (Å²) in [6, 6.07) is 4.00. The normalized spacial score (nSPS) is 23.9. The minimum atomic E-state index is -0.893. The number of rotatable bonds is 3. The van der Waals surface area contributed by atoms with Gasteiger partial charge in [-0.25, -0.2) is 0 Å². The van der Waals surface area contributed by atoms with Gasteiger partial charge in [-0.15, -0.1) is 0 Å². The summed E-state index contributed by atoms with van der Waals surface area (Å²) in [5.74, 6) is 0. The molecule has 0 unspecified atom stereocenters. The highest BCUT2D eigenvalue weighted by Crippen LogP contribution is 2.30. The number of aromatic amines is 1. The standard InChI is InChI=1S/C13H17N5O/c1-10-3-2-5-14-11(10)8-18-6-4-13(19,9-18)12-7-15-17-16-12/h2-3,5,7,19H,4,6,8-9H2,1H3,(H,15,16,17)/t13-/m0/s1. The SMILES string of the molecule is Cc1cccnc1CN1CC[C@@](O)(c2cn[nH]n2)C1. The van der Waals surface area contributed by atoms with Crippen molar-refractivity contribution in [2.45, 2.75) is 25.5 Å². The van der Waals surface area contributed by atoms with Gasteiger partial charge in [0.2, 0.25) is 0 Å². The summed E-state index contributed by atoms with van der Waals surface area (Å²) in [5.41, 5.74) is 1.97. The molecule has 100 valence electrons. The lowest BCUT2D eigenvalue weighted by Gasteiger charge is -2.21. The Bertz CT molecular complexity index is 556. The number of β-amino-alcohol motifs (C(OH)–C–C–N with tert-alkyl or cyclic N) is 1. The number of aryl methyl sites for hydroxylation is 1. The Labute approximate surface area is 111 Å². The largest absolute Gasteiger partial charge is 0.382 e. The van der Waals surface area contributed by atoms with Gasteiger partial charge in [-0.3, -0.25) is 9.88 Å². The first-order valence-corrected chi connectivity index (χ1v) is 6.39. The molecule has 0 spiro atoms. The minimum absolute atomic E-state index is 0.565. The van der Waals surface area contributed by atoms with Crippen molar-refractivity contribution >= 4 is 0 Å². The van der Waals surface area contributed by atoms with E-state index < -0.39 is 5.60 Å². The molecule has 0 amide bonds. The summed E-state index contributed by atoms with van der Waals surface area (Å²) >= 11 is 0. The number of hydrogen-bond donors (Lipinski definition) is 2. The van der Waals surface area contributed by atoms with Gasteiger partial charge in [-0.05, 0) is 25.0 Å². The Balaban J connectivity index is 1.71. The highest BCUT2D eigenvalue weighted by molar-refractivity contribution is 5.18. The van der Waals surface area contributed by atoms with Crippen LogP contribution in [-0.2, 0) is 12.1 Å². The van der Waals surface area contributed by atoms with Crippen molar-refractivity contribution in [1.82, 2.24) is 25.3 Å². The maximum atomic E-state index is 10.6. The number of nitrogens with one attached hydrogen (secondary N) is 1. The molecule has 0 bridgehead atoms. The van der Waals surface area contributed by atoms with E-state index in [1.54, 1.807) is 6.20 Å².